The summed E-state index contributed by atoms with van der Waals surface area (Å²) in [7, 11) is 0. The van der Waals surface area contributed by atoms with Gasteiger partial charge in [-0.2, -0.15) is 0 Å². The number of hydrogen-bond donors (Lipinski definition) is 0. The standard InChI is InChI=1S/C77H60/c1-46-22-25-49-28-31-52(39-56(49)36-46)54-34-35-67-65(43-54)62-14-8-10-18-66(62)76(67,6)45-60-42-59(53-32-29-50-26-23-47(2)37-57(50)40-53)44-71-72(60)63-15-9-11-19-68(63)77(71,7)70-21-13-20-69-73(70)64-17-12-16-61(74(64)75(69,4)5)55-33-30-51-27-24-48(3)38-58(51)41-55/h8-44H,45H2,1-7H3. The maximum Gasteiger partial charge on any atom is 0.0442 e. The van der Waals surface area contributed by atoms with Crippen molar-refractivity contribution in [1.29, 1.82) is 0 Å². The van der Waals surface area contributed by atoms with Crippen LogP contribution in [0.2, 0.25) is 0 Å². The quantitative estimate of drug-likeness (QED) is 0.156. The number of benzene rings is 12. The fourth-order valence-electron chi connectivity index (χ4n) is 14.9. The van der Waals surface area contributed by atoms with Crippen molar-refractivity contribution in [3.05, 3.63) is 286 Å². The molecule has 0 bridgehead atoms. The SMILES string of the molecule is Cc1ccc2ccc(-c3ccc4c(c3)-c3ccccc3C4(C)Cc3cc(-c4ccc5ccc(C)cc5c4)cc4c3-c3ccccc3C4(C)c3cccc4c3-c3cccc(-c5ccc6ccc(C)cc6c5)c3C4(C)C)cc2c1. The molecule has 3 aliphatic rings. The van der Waals surface area contributed by atoms with E-state index in [0.717, 1.165) is 6.42 Å². The predicted octanol–water partition coefficient (Wildman–Crippen LogP) is 20.2. The van der Waals surface area contributed by atoms with E-state index in [-0.39, 0.29) is 10.8 Å². The van der Waals surface area contributed by atoms with Crippen molar-refractivity contribution < 1.29 is 0 Å². The van der Waals surface area contributed by atoms with Crippen LogP contribution in [0.3, 0.4) is 0 Å². The Hall–Kier alpha value is -8.58. The van der Waals surface area contributed by atoms with Gasteiger partial charge < -0.3 is 0 Å². The van der Waals surface area contributed by atoms with E-state index in [4.69, 9.17) is 0 Å². The Kier molecular flexibility index (Phi) is 9.79. The van der Waals surface area contributed by atoms with E-state index in [9.17, 15) is 0 Å². The molecular weight excluding hydrogens is 925 g/mol. The van der Waals surface area contributed by atoms with Crippen molar-refractivity contribution in [2.45, 2.75) is 71.1 Å². The zero-order chi connectivity index (χ0) is 52.1. The van der Waals surface area contributed by atoms with Gasteiger partial charge in [-0.1, -0.05) is 232 Å². The Balaban J connectivity index is 0.945. The van der Waals surface area contributed by atoms with E-state index in [0.29, 0.717) is 0 Å². The Bertz CT molecular complexity index is 4520. The second-order valence-corrected chi connectivity index (χ2v) is 23.8. The third-order valence-electron chi connectivity index (χ3n) is 18.7. The molecule has 0 amide bonds. The molecule has 0 heteroatoms. The van der Waals surface area contributed by atoms with Gasteiger partial charge in [-0.15, -0.1) is 0 Å². The van der Waals surface area contributed by atoms with Gasteiger partial charge in [0.15, 0.2) is 0 Å². The van der Waals surface area contributed by atoms with Crippen LogP contribution in [0.5, 0.6) is 0 Å². The van der Waals surface area contributed by atoms with E-state index >= 15 is 0 Å². The van der Waals surface area contributed by atoms with E-state index in [1.165, 1.54) is 160 Å². The minimum atomic E-state index is -0.483. The molecule has 2 atom stereocenters. The Labute approximate surface area is 453 Å². The average molecular weight is 985 g/mol. The number of hydrogen-bond acceptors (Lipinski definition) is 0. The predicted molar refractivity (Wildman–Crippen MR) is 327 cm³/mol. The van der Waals surface area contributed by atoms with Gasteiger partial charge in [-0.05, 0) is 208 Å². The summed E-state index contributed by atoms with van der Waals surface area (Å²) < 4.78 is 0. The summed E-state index contributed by atoms with van der Waals surface area (Å²) in [5.74, 6) is 0. The largest absolute Gasteiger partial charge is 0.0619 e. The molecular formula is C77H60. The minimum Gasteiger partial charge on any atom is -0.0619 e. The Morgan fingerprint density at radius 3 is 1.44 bits per heavy atom. The van der Waals surface area contributed by atoms with Gasteiger partial charge in [0.1, 0.15) is 0 Å². The lowest BCUT2D eigenvalue weighted by Gasteiger charge is -2.33. The molecule has 0 saturated heterocycles. The summed E-state index contributed by atoms with van der Waals surface area (Å²) in [4.78, 5) is 0. The molecule has 0 aromatic heterocycles. The molecule has 368 valence electrons. The van der Waals surface area contributed by atoms with Crippen LogP contribution in [-0.2, 0) is 22.7 Å². The third kappa shape index (κ3) is 6.71. The van der Waals surface area contributed by atoms with Crippen LogP contribution in [0.4, 0.5) is 0 Å². The van der Waals surface area contributed by atoms with Crippen LogP contribution in [0.1, 0.15) is 88.9 Å². The molecule has 0 spiro atoms. The van der Waals surface area contributed by atoms with Crippen LogP contribution in [0.25, 0.3) is 99.1 Å². The van der Waals surface area contributed by atoms with E-state index in [1.807, 2.05) is 0 Å². The monoisotopic (exact) mass is 984 g/mol. The first kappa shape index (κ1) is 45.8. The first-order valence-corrected chi connectivity index (χ1v) is 27.7. The summed E-state index contributed by atoms with van der Waals surface area (Å²) in [6.45, 7) is 16.6. The Morgan fingerprint density at radius 1 is 0.286 bits per heavy atom. The summed E-state index contributed by atoms with van der Waals surface area (Å²) in [6, 6.07) is 86.9. The lowest BCUT2D eigenvalue weighted by molar-refractivity contribution is 0.583. The zero-order valence-corrected chi connectivity index (χ0v) is 45.1. The van der Waals surface area contributed by atoms with Crippen LogP contribution >= 0.6 is 0 Å². The van der Waals surface area contributed by atoms with Gasteiger partial charge >= 0.3 is 0 Å². The summed E-state index contributed by atoms with van der Waals surface area (Å²) in [6.07, 6.45) is 0.844. The van der Waals surface area contributed by atoms with Crippen molar-refractivity contribution >= 4 is 32.3 Å². The topological polar surface area (TPSA) is 0 Å². The van der Waals surface area contributed by atoms with E-state index < -0.39 is 5.41 Å². The van der Waals surface area contributed by atoms with E-state index in [2.05, 4.69) is 273 Å². The number of rotatable bonds is 6. The van der Waals surface area contributed by atoms with Crippen LogP contribution in [0, 0.1) is 20.8 Å². The first-order chi connectivity index (χ1) is 37.3. The summed E-state index contributed by atoms with van der Waals surface area (Å²) in [5, 5.41) is 7.66. The van der Waals surface area contributed by atoms with Gasteiger partial charge in [0.25, 0.3) is 0 Å². The van der Waals surface area contributed by atoms with Crippen LogP contribution < -0.4 is 0 Å². The molecule has 0 radical (unpaired) electrons. The summed E-state index contributed by atoms with van der Waals surface area (Å²) in [5.41, 5.74) is 29.7. The molecule has 0 fully saturated rings. The fourth-order valence-corrected chi connectivity index (χ4v) is 14.9. The van der Waals surface area contributed by atoms with Crippen molar-refractivity contribution in [1.82, 2.24) is 0 Å². The second-order valence-electron chi connectivity index (χ2n) is 23.8. The van der Waals surface area contributed by atoms with Crippen LogP contribution in [0.15, 0.2) is 224 Å². The lowest BCUT2D eigenvalue weighted by atomic mass is 9.69. The van der Waals surface area contributed by atoms with Crippen molar-refractivity contribution in [2.24, 2.45) is 0 Å². The normalized spacial score (nSPS) is 17.3. The molecule has 2 unspecified atom stereocenters. The molecule has 77 heavy (non-hydrogen) atoms. The second kappa shape index (κ2) is 16.5. The molecule has 12 aromatic carbocycles. The highest BCUT2D eigenvalue weighted by Gasteiger charge is 2.48. The van der Waals surface area contributed by atoms with E-state index in [1.54, 1.807) is 0 Å². The van der Waals surface area contributed by atoms with Crippen molar-refractivity contribution in [3.63, 3.8) is 0 Å². The van der Waals surface area contributed by atoms with Gasteiger partial charge in [-0.3, -0.25) is 0 Å². The third-order valence-corrected chi connectivity index (χ3v) is 18.7. The molecule has 12 aromatic rings. The van der Waals surface area contributed by atoms with Gasteiger partial charge in [0.2, 0.25) is 0 Å². The van der Waals surface area contributed by atoms with Gasteiger partial charge in [0.05, 0.1) is 0 Å². The maximum absolute atomic E-state index is 2.58. The fraction of sp³-hybridized carbons (Fsp3) is 0.143. The van der Waals surface area contributed by atoms with Crippen molar-refractivity contribution in [3.8, 4) is 66.8 Å². The molecule has 0 N–H and O–H groups in total. The molecule has 0 saturated carbocycles. The lowest BCUT2D eigenvalue weighted by Crippen LogP contribution is -2.26. The average Bonchev–Trinajstić information content (AvgIpc) is 4.08. The van der Waals surface area contributed by atoms with Gasteiger partial charge in [0, 0.05) is 16.2 Å². The highest BCUT2D eigenvalue weighted by Crippen LogP contribution is 2.62. The zero-order valence-electron chi connectivity index (χ0n) is 45.1. The number of fused-ring (bicyclic) bond motifs is 12. The molecule has 0 heterocycles. The molecule has 3 aliphatic carbocycles. The smallest absolute Gasteiger partial charge is 0.0442 e. The highest BCUT2D eigenvalue weighted by molar-refractivity contribution is 5.98. The molecule has 15 rings (SSSR count). The molecule has 0 aliphatic heterocycles. The van der Waals surface area contributed by atoms with Gasteiger partial charge in [-0.25, -0.2) is 0 Å². The Morgan fingerprint density at radius 2 is 0.766 bits per heavy atom. The highest BCUT2D eigenvalue weighted by atomic mass is 14.5. The molecule has 0 nitrogen and oxygen atoms in total. The van der Waals surface area contributed by atoms with Crippen LogP contribution in [-0.4, -0.2) is 0 Å². The first-order valence-electron chi connectivity index (χ1n) is 27.7. The maximum atomic E-state index is 2.58. The minimum absolute atomic E-state index is 0.239. The number of aryl methyl sites for hydroxylation is 3. The van der Waals surface area contributed by atoms with Crippen molar-refractivity contribution in [2.75, 3.05) is 0 Å². The summed E-state index contributed by atoms with van der Waals surface area (Å²) >= 11 is 0.